The van der Waals surface area contributed by atoms with Crippen LogP contribution in [0.15, 0.2) is 11.0 Å². The molecule has 1 heterocycles. The highest BCUT2D eigenvalue weighted by Crippen LogP contribution is 2.11. The van der Waals surface area contributed by atoms with E-state index in [-0.39, 0.29) is 11.2 Å². The molecule has 3 heteroatoms. The molecule has 0 aliphatic heterocycles. The molecule has 0 saturated heterocycles. The molecule has 0 radical (unpaired) electrons. The van der Waals surface area contributed by atoms with Crippen molar-refractivity contribution in [2.75, 3.05) is 0 Å². The minimum atomic E-state index is -0.125. The minimum absolute atomic E-state index is 0.00375. The van der Waals surface area contributed by atoms with Gasteiger partial charge in [-0.2, -0.15) is 0 Å². The Bertz CT molecular complexity index is 327. The average Bonchev–Trinajstić information content (AvgIpc) is 2.30. The van der Waals surface area contributed by atoms with Crippen molar-refractivity contribution in [3.8, 4) is 0 Å². The summed E-state index contributed by atoms with van der Waals surface area (Å²) < 4.78 is 1.75. The molecule has 1 rings (SSSR count). The molecule has 1 aromatic heterocycles. The number of nitrogens with zero attached hydrogens (tertiary/aromatic N) is 1. The SMILES string of the molecule is CCCc1cn(C(C)(C)C)c(=O)[nH]1. The van der Waals surface area contributed by atoms with Crippen molar-refractivity contribution in [1.82, 2.24) is 9.55 Å². The van der Waals surface area contributed by atoms with E-state index in [1.54, 1.807) is 4.57 Å². The van der Waals surface area contributed by atoms with Crippen molar-refractivity contribution in [2.45, 2.75) is 46.1 Å². The highest BCUT2D eigenvalue weighted by Gasteiger charge is 2.15. The van der Waals surface area contributed by atoms with Crippen LogP contribution in [0, 0.1) is 0 Å². The van der Waals surface area contributed by atoms with Crippen LogP contribution in [0.2, 0.25) is 0 Å². The molecule has 0 bridgehead atoms. The van der Waals surface area contributed by atoms with Crippen LogP contribution in [0.1, 0.15) is 39.8 Å². The maximum Gasteiger partial charge on any atom is 0.326 e. The summed E-state index contributed by atoms with van der Waals surface area (Å²) in [6.07, 6.45) is 3.92. The maximum absolute atomic E-state index is 11.5. The summed E-state index contributed by atoms with van der Waals surface area (Å²) in [6.45, 7) is 8.18. The van der Waals surface area contributed by atoms with Gasteiger partial charge in [-0.15, -0.1) is 0 Å². The lowest BCUT2D eigenvalue weighted by Crippen LogP contribution is -2.31. The van der Waals surface area contributed by atoms with Crippen molar-refractivity contribution in [3.63, 3.8) is 0 Å². The molecule has 0 atom stereocenters. The standard InChI is InChI=1S/C10H18N2O/c1-5-6-8-7-12(9(13)11-8)10(2,3)4/h7H,5-6H2,1-4H3,(H,11,13). The Labute approximate surface area is 78.8 Å². The molecule has 1 N–H and O–H groups in total. The van der Waals surface area contributed by atoms with Crippen molar-refractivity contribution < 1.29 is 0 Å². The van der Waals surface area contributed by atoms with Crippen molar-refractivity contribution in [3.05, 3.63) is 22.4 Å². The van der Waals surface area contributed by atoms with E-state index in [1.165, 1.54) is 0 Å². The van der Waals surface area contributed by atoms with E-state index in [9.17, 15) is 4.79 Å². The van der Waals surface area contributed by atoms with E-state index in [1.807, 2.05) is 27.0 Å². The Morgan fingerprint density at radius 3 is 2.46 bits per heavy atom. The van der Waals surface area contributed by atoms with E-state index in [2.05, 4.69) is 11.9 Å². The normalized spacial score (nSPS) is 12.0. The number of aromatic amines is 1. The first-order valence-electron chi connectivity index (χ1n) is 4.76. The number of rotatable bonds is 2. The van der Waals surface area contributed by atoms with Gasteiger partial charge in [-0.05, 0) is 27.2 Å². The maximum atomic E-state index is 11.5. The first-order valence-corrected chi connectivity index (χ1v) is 4.76. The Morgan fingerprint density at radius 2 is 2.08 bits per heavy atom. The van der Waals surface area contributed by atoms with Crippen LogP contribution in [0.25, 0.3) is 0 Å². The summed E-state index contributed by atoms with van der Waals surface area (Å²) in [7, 11) is 0. The third-order valence-electron chi connectivity index (χ3n) is 2.01. The summed E-state index contributed by atoms with van der Waals surface area (Å²) in [6, 6.07) is 0. The summed E-state index contributed by atoms with van der Waals surface area (Å²) >= 11 is 0. The molecule has 0 aliphatic rings. The first kappa shape index (κ1) is 10.1. The monoisotopic (exact) mass is 182 g/mol. The van der Waals surface area contributed by atoms with E-state index in [0.717, 1.165) is 18.5 Å². The molecule has 0 aliphatic carbocycles. The molecule has 1 aromatic rings. The van der Waals surface area contributed by atoms with Crippen molar-refractivity contribution in [1.29, 1.82) is 0 Å². The van der Waals surface area contributed by atoms with Gasteiger partial charge >= 0.3 is 5.69 Å². The molecule has 3 nitrogen and oxygen atoms in total. The molecule has 13 heavy (non-hydrogen) atoms. The zero-order chi connectivity index (χ0) is 10.1. The second-order valence-electron chi connectivity index (χ2n) is 4.38. The lowest BCUT2D eigenvalue weighted by Gasteiger charge is -2.18. The fraction of sp³-hybridized carbons (Fsp3) is 0.700. The number of H-pyrrole nitrogens is 1. The fourth-order valence-electron chi connectivity index (χ4n) is 1.34. The summed E-state index contributed by atoms with van der Waals surface area (Å²) in [4.78, 5) is 14.3. The van der Waals surface area contributed by atoms with Crippen LogP contribution in [0.3, 0.4) is 0 Å². The van der Waals surface area contributed by atoms with Crippen molar-refractivity contribution >= 4 is 0 Å². The number of aryl methyl sites for hydroxylation is 1. The van der Waals surface area contributed by atoms with E-state index in [0.29, 0.717) is 0 Å². The quantitative estimate of drug-likeness (QED) is 0.745. The van der Waals surface area contributed by atoms with Gasteiger partial charge in [-0.1, -0.05) is 13.3 Å². The van der Waals surface area contributed by atoms with Crippen LogP contribution in [0.4, 0.5) is 0 Å². The van der Waals surface area contributed by atoms with Crippen LogP contribution < -0.4 is 5.69 Å². The lowest BCUT2D eigenvalue weighted by molar-refractivity contribution is 0.385. The number of hydrogen-bond acceptors (Lipinski definition) is 1. The van der Waals surface area contributed by atoms with E-state index in [4.69, 9.17) is 0 Å². The van der Waals surface area contributed by atoms with Gasteiger partial charge in [-0.3, -0.25) is 4.57 Å². The van der Waals surface area contributed by atoms with Gasteiger partial charge in [0.15, 0.2) is 0 Å². The van der Waals surface area contributed by atoms with Gasteiger partial charge in [-0.25, -0.2) is 4.79 Å². The number of hydrogen-bond donors (Lipinski definition) is 1. The van der Waals surface area contributed by atoms with Gasteiger partial charge in [0.1, 0.15) is 0 Å². The Hall–Kier alpha value is -0.990. The molecule has 0 unspecified atom stereocenters. The highest BCUT2D eigenvalue weighted by molar-refractivity contribution is 4.99. The lowest BCUT2D eigenvalue weighted by atomic mass is 10.1. The minimum Gasteiger partial charge on any atom is -0.310 e. The third-order valence-corrected chi connectivity index (χ3v) is 2.01. The highest BCUT2D eigenvalue weighted by atomic mass is 16.1. The number of imidazole rings is 1. The largest absolute Gasteiger partial charge is 0.326 e. The molecule has 0 fully saturated rings. The second-order valence-corrected chi connectivity index (χ2v) is 4.38. The van der Waals surface area contributed by atoms with Crippen molar-refractivity contribution in [2.24, 2.45) is 0 Å². The Kier molecular flexibility index (Phi) is 2.64. The second kappa shape index (κ2) is 3.40. The predicted octanol–water partition coefficient (Wildman–Crippen LogP) is 1.88. The van der Waals surface area contributed by atoms with Crippen LogP contribution in [-0.2, 0) is 12.0 Å². The number of nitrogens with one attached hydrogen (secondary N) is 1. The predicted molar refractivity (Wildman–Crippen MR) is 54.0 cm³/mol. The molecule has 74 valence electrons. The summed E-state index contributed by atoms with van der Waals surface area (Å²) in [5, 5.41) is 0. The molecule has 0 amide bonds. The zero-order valence-corrected chi connectivity index (χ0v) is 8.85. The fourth-order valence-corrected chi connectivity index (χ4v) is 1.34. The van der Waals surface area contributed by atoms with Gasteiger partial charge in [0.25, 0.3) is 0 Å². The number of aromatic nitrogens is 2. The first-order chi connectivity index (χ1) is 5.95. The Morgan fingerprint density at radius 1 is 1.46 bits per heavy atom. The van der Waals surface area contributed by atoms with Gasteiger partial charge < -0.3 is 4.98 Å². The van der Waals surface area contributed by atoms with E-state index >= 15 is 0 Å². The third kappa shape index (κ3) is 2.23. The van der Waals surface area contributed by atoms with Crippen LogP contribution >= 0.6 is 0 Å². The van der Waals surface area contributed by atoms with Crippen LogP contribution in [-0.4, -0.2) is 9.55 Å². The van der Waals surface area contributed by atoms with Crippen LogP contribution in [0.5, 0.6) is 0 Å². The van der Waals surface area contributed by atoms with Gasteiger partial charge in [0.2, 0.25) is 0 Å². The zero-order valence-electron chi connectivity index (χ0n) is 8.85. The summed E-state index contributed by atoms with van der Waals surface area (Å²) in [5.74, 6) is 0. The summed E-state index contributed by atoms with van der Waals surface area (Å²) in [5.41, 5.74) is 0.901. The molecular weight excluding hydrogens is 164 g/mol. The molecule has 0 saturated carbocycles. The Balaban J connectivity index is 3.04. The van der Waals surface area contributed by atoms with Gasteiger partial charge in [0.05, 0.1) is 0 Å². The van der Waals surface area contributed by atoms with E-state index < -0.39 is 0 Å². The smallest absolute Gasteiger partial charge is 0.310 e. The average molecular weight is 182 g/mol. The topological polar surface area (TPSA) is 37.8 Å². The molecule has 0 aromatic carbocycles. The molecular formula is C10H18N2O. The molecule has 0 spiro atoms. The van der Waals surface area contributed by atoms with Gasteiger partial charge in [0, 0.05) is 17.4 Å².